The van der Waals surface area contributed by atoms with Crippen LogP contribution in [0.25, 0.3) is 10.2 Å². The Morgan fingerprint density at radius 3 is 2.85 bits per heavy atom. The molecule has 68 valence electrons. The largest absolute Gasteiger partial charge is 0.229 e. The molecule has 0 saturated heterocycles. The van der Waals surface area contributed by atoms with Crippen LogP contribution in [-0.2, 0) is 0 Å². The van der Waals surface area contributed by atoms with Crippen molar-refractivity contribution < 1.29 is 8.78 Å². The minimum absolute atomic E-state index is 0.261. The Balaban J connectivity index is 2.92. The van der Waals surface area contributed by atoms with E-state index in [1.54, 1.807) is 0 Å². The Morgan fingerprint density at radius 2 is 2.15 bits per heavy atom. The van der Waals surface area contributed by atoms with Gasteiger partial charge in [-0.2, -0.15) is 0 Å². The third-order valence-corrected chi connectivity index (χ3v) is 3.23. The number of nitrogens with zero attached hydrogens (tertiary/aromatic N) is 1. The van der Waals surface area contributed by atoms with Crippen LogP contribution in [0.5, 0.6) is 0 Å². The molecule has 0 aliphatic heterocycles. The van der Waals surface area contributed by atoms with E-state index < -0.39 is 11.6 Å². The summed E-state index contributed by atoms with van der Waals surface area (Å²) in [7, 11) is 0. The number of benzene rings is 1. The number of fused-ring (bicyclic) bond motifs is 1. The quantitative estimate of drug-likeness (QED) is 0.707. The second kappa shape index (κ2) is 2.99. The van der Waals surface area contributed by atoms with E-state index in [-0.39, 0.29) is 5.56 Å². The lowest BCUT2D eigenvalue weighted by Gasteiger charge is -1.97. The summed E-state index contributed by atoms with van der Waals surface area (Å²) in [5.74, 6) is -1.63. The summed E-state index contributed by atoms with van der Waals surface area (Å²) < 4.78 is 27.2. The highest BCUT2D eigenvalue weighted by atomic mass is 79.9. The van der Waals surface area contributed by atoms with Gasteiger partial charge in [0.15, 0.2) is 15.6 Å². The van der Waals surface area contributed by atoms with Crippen molar-refractivity contribution in [3.63, 3.8) is 0 Å². The van der Waals surface area contributed by atoms with Crippen LogP contribution in [0.2, 0.25) is 0 Å². The van der Waals surface area contributed by atoms with E-state index in [1.807, 2.05) is 0 Å². The molecule has 2 rings (SSSR count). The number of halogens is 3. The Bertz CT molecular complexity index is 480. The van der Waals surface area contributed by atoms with Crippen LogP contribution in [-0.4, -0.2) is 4.98 Å². The lowest BCUT2D eigenvalue weighted by molar-refractivity contribution is 0.505. The van der Waals surface area contributed by atoms with Gasteiger partial charge in [0.2, 0.25) is 0 Å². The van der Waals surface area contributed by atoms with Crippen LogP contribution in [0.15, 0.2) is 9.98 Å². The Labute approximate surface area is 85.5 Å². The van der Waals surface area contributed by atoms with Crippen LogP contribution < -0.4 is 0 Å². The summed E-state index contributed by atoms with van der Waals surface area (Å²) >= 11 is 4.46. The summed E-state index contributed by atoms with van der Waals surface area (Å²) in [4.78, 5) is 4.04. The van der Waals surface area contributed by atoms with E-state index in [1.165, 1.54) is 24.3 Å². The van der Waals surface area contributed by atoms with Crippen LogP contribution in [0.3, 0.4) is 0 Å². The molecule has 0 spiro atoms. The van der Waals surface area contributed by atoms with Crippen molar-refractivity contribution in [3.8, 4) is 0 Å². The molecule has 0 fully saturated rings. The first kappa shape index (κ1) is 9.02. The van der Waals surface area contributed by atoms with Crippen LogP contribution in [0, 0.1) is 18.6 Å². The maximum Gasteiger partial charge on any atom is 0.163 e. The molecule has 1 heterocycles. The number of rotatable bonds is 0. The van der Waals surface area contributed by atoms with Gasteiger partial charge >= 0.3 is 0 Å². The fraction of sp³-hybridized carbons (Fsp3) is 0.125. The van der Waals surface area contributed by atoms with E-state index in [0.717, 1.165) is 0 Å². The summed E-state index contributed by atoms with van der Waals surface area (Å²) in [6.45, 7) is 1.52. The van der Waals surface area contributed by atoms with Crippen molar-refractivity contribution in [2.24, 2.45) is 0 Å². The smallest absolute Gasteiger partial charge is 0.163 e. The lowest BCUT2D eigenvalue weighted by Crippen LogP contribution is -1.89. The normalized spacial score (nSPS) is 11.1. The molecule has 0 radical (unpaired) electrons. The minimum Gasteiger partial charge on any atom is -0.229 e. The predicted octanol–water partition coefficient (Wildman–Crippen LogP) is 3.65. The zero-order valence-corrected chi connectivity index (χ0v) is 8.97. The van der Waals surface area contributed by atoms with E-state index >= 15 is 0 Å². The zero-order chi connectivity index (χ0) is 9.59. The van der Waals surface area contributed by atoms with Crippen molar-refractivity contribution in [3.05, 3.63) is 27.2 Å². The van der Waals surface area contributed by atoms with Gasteiger partial charge in [-0.25, -0.2) is 13.8 Å². The maximum absolute atomic E-state index is 13.0. The number of thiazole rings is 1. The second-order valence-electron chi connectivity index (χ2n) is 2.61. The van der Waals surface area contributed by atoms with Crippen LogP contribution in [0.4, 0.5) is 8.78 Å². The van der Waals surface area contributed by atoms with Gasteiger partial charge in [0.25, 0.3) is 0 Å². The van der Waals surface area contributed by atoms with Crippen molar-refractivity contribution in [1.29, 1.82) is 0 Å². The highest BCUT2D eigenvalue weighted by Crippen LogP contribution is 2.30. The Hall–Kier alpha value is -0.550. The van der Waals surface area contributed by atoms with Gasteiger partial charge in [-0.3, -0.25) is 0 Å². The van der Waals surface area contributed by atoms with Gasteiger partial charge in [-0.05, 0) is 28.9 Å². The highest BCUT2D eigenvalue weighted by molar-refractivity contribution is 9.11. The van der Waals surface area contributed by atoms with Crippen molar-refractivity contribution in [1.82, 2.24) is 4.98 Å². The second-order valence-corrected chi connectivity index (χ2v) is 4.92. The molecule has 5 heteroatoms. The highest BCUT2D eigenvalue weighted by Gasteiger charge is 2.13. The summed E-state index contributed by atoms with van der Waals surface area (Å²) in [6, 6.07) is 1.17. The first-order valence-corrected chi connectivity index (χ1v) is 5.11. The average molecular weight is 264 g/mol. The summed E-state index contributed by atoms with van der Waals surface area (Å²) in [6.07, 6.45) is 0. The molecule has 0 aliphatic rings. The summed E-state index contributed by atoms with van der Waals surface area (Å²) in [5.41, 5.74) is 0.785. The number of hydrogen-bond donors (Lipinski definition) is 0. The zero-order valence-electron chi connectivity index (χ0n) is 6.57. The Kier molecular flexibility index (Phi) is 2.08. The predicted molar refractivity (Wildman–Crippen MR) is 52.0 cm³/mol. The van der Waals surface area contributed by atoms with Gasteiger partial charge in [-0.1, -0.05) is 0 Å². The number of hydrogen-bond acceptors (Lipinski definition) is 2. The fourth-order valence-electron chi connectivity index (χ4n) is 1.13. The van der Waals surface area contributed by atoms with Crippen molar-refractivity contribution in [2.45, 2.75) is 6.92 Å². The molecule has 0 aliphatic carbocycles. The molecular weight excluding hydrogens is 260 g/mol. The number of aryl methyl sites for hydroxylation is 1. The molecule has 0 amide bonds. The first-order chi connectivity index (χ1) is 6.09. The first-order valence-electron chi connectivity index (χ1n) is 3.50. The van der Waals surface area contributed by atoms with Crippen molar-refractivity contribution >= 4 is 37.5 Å². The monoisotopic (exact) mass is 263 g/mol. The van der Waals surface area contributed by atoms with Crippen LogP contribution >= 0.6 is 27.3 Å². The molecule has 1 aromatic heterocycles. The molecule has 0 atom stereocenters. The third kappa shape index (κ3) is 1.36. The van der Waals surface area contributed by atoms with Gasteiger partial charge in [0.05, 0.1) is 10.2 Å². The molecule has 0 saturated carbocycles. The molecule has 1 nitrogen and oxygen atoms in total. The molecule has 0 unspecified atom stereocenters. The van der Waals surface area contributed by atoms with Crippen LogP contribution in [0.1, 0.15) is 5.56 Å². The standard InChI is InChI=1S/C8H4BrF2NS/c1-3-6(11)4(10)2-5-7(3)12-8(9)13-5/h2H,1H3. The van der Waals surface area contributed by atoms with Gasteiger partial charge in [-0.15, -0.1) is 11.3 Å². The van der Waals surface area contributed by atoms with Gasteiger partial charge < -0.3 is 0 Å². The topological polar surface area (TPSA) is 12.9 Å². The van der Waals surface area contributed by atoms with E-state index in [4.69, 9.17) is 0 Å². The maximum atomic E-state index is 13.0. The summed E-state index contributed by atoms with van der Waals surface area (Å²) in [5, 5.41) is 0. The lowest BCUT2D eigenvalue weighted by atomic mass is 10.2. The SMILES string of the molecule is Cc1c(F)c(F)cc2sc(Br)nc12. The van der Waals surface area contributed by atoms with E-state index in [9.17, 15) is 8.78 Å². The molecule has 1 aromatic carbocycles. The third-order valence-electron chi connectivity index (χ3n) is 1.78. The fourth-order valence-corrected chi connectivity index (χ4v) is 2.61. The molecule has 0 N–H and O–H groups in total. The van der Waals surface area contributed by atoms with Crippen molar-refractivity contribution in [2.75, 3.05) is 0 Å². The van der Waals surface area contributed by atoms with E-state index in [0.29, 0.717) is 14.1 Å². The Morgan fingerprint density at radius 1 is 1.46 bits per heavy atom. The number of aromatic nitrogens is 1. The molecule has 2 aromatic rings. The van der Waals surface area contributed by atoms with Gasteiger partial charge in [0, 0.05) is 5.56 Å². The molecule has 0 bridgehead atoms. The van der Waals surface area contributed by atoms with Gasteiger partial charge in [0.1, 0.15) is 0 Å². The average Bonchev–Trinajstić information content (AvgIpc) is 2.42. The molecular formula is C8H4BrF2NS. The van der Waals surface area contributed by atoms with E-state index in [2.05, 4.69) is 20.9 Å². The molecule has 13 heavy (non-hydrogen) atoms. The minimum atomic E-state index is -0.818.